The van der Waals surface area contributed by atoms with Crippen LogP contribution in [0.1, 0.15) is 18.9 Å². The van der Waals surface area contributed by atoms with Gasteiger partial charge in [0, 0.05) is 5.57 Å². The van der Waals surface area contributed by atoms with E-state index in [9.17, 15) is 19.1 Å². The Labute approximate surface area is 121 Å². The highest BCUT2D eigenvalue weighted by Crippen LogP contribution is 2.39. The minimum absolute atomic E-state index is 0.0582. The molecule has 1 aliphatic carbocycles. The molecule has 1 unspecified atom stereocenters. The average Bonchev–Trinajstić information content (AvgIpc) is 2.40. The lowest BCUT2D eigenvalue weighted by Crippen LogP contribution is -2.34. The second-order valence-electron chi connectivity index (χ2n) is 5.31. The zero-order valence-corrected chi connectivity index (χ0v) is 11.5. The Bertz CT molecular complexity index is 660. The van der Waals surface area contributed by atoms with Crippen LogP contribution in [-0.4, -0.2) is 22.2 Å². The normalized spacial score (nSPS) is 21.4. The molecule has 0 aliphatic heterocycles. The van der Waals surface area contributed by atoms with E-state index in [4.69, 9.17) is 5.11 Å². The van der Waals surface area contributed by atoms with E-state index in [1.807, 2.05) is 0 Å². The van der Waals surface area contributed by atoms with Crippen molar-refractivity contribution in [3.63, 3.8) is 0 Å². The molecular formula is C16H15FO4. The van der Waals surface area contributed by atoms with Crippen LogP contribution in [0.2, 0.25) is 0 Å². The summed E-state index contributed by atoms with van der Waals surface area (Å²) in [5, 5.41) is 18.5. The fourth-order valence-corrected chi connectivity index (χ4v) is 2.42. The van der Waals surface area contributed by atoms with Gasteiger partial charge in [0.25, 0.3) is 0 Å². The molecule has 5 heteroatoms. The Balaban J connectivity index is 2.38. The van der Waals surface area contributed by atoms with E-state index < -0.39 is 17.4 Å². The van der Waals surface area contributed by atoms with E-state index in [2.05, 4.69) is 0 Å². The maximum absolute atomic E-state index is 13.2. The van der Waals surface area contributed by atoms with Gasteiger partial charge < -0.3 is 10.2 Å². The first-order valence-corrected chi connectivity index (χ1v) is 6.44. The number of hydrogen-bond acceptors (Lipinski definition) is 2. The summed E-state index contributed by atoms with van der Waals surface area (Å²) in [5.74, 6) is -2.59. The molecule has 2 rings (SSSR count). The third-order valence-corrected chi connectivity index (χ3v) is 3.77. The van der Waals surface area contributed by atoms with Crippen molar-refractivity contribution in [2.45, 2.75) is 19.8 Å². The van der Waals surface area contributed by atoms with Crippen molar-refractivity contribution in [2.75, 3.05) is 0 Å². The van der Waals surface area contributed by atoms with Gasteiger partial charge in [-0.05, 0) is 43.0 Å². The molecule has 1 aromatic rings. The lowest BCUT2D eigenvalue weighted by atomic mass is 9.71. The van der Waals surface area contributed by atoms with E-state index in [0.717, 1.165) is 0 Å². The largest absolute Gasteiger partial charge is 0.481 e. The summed E-state index contributed by atoms with van der Waals surface area (Å²) < 4.78 is 13.2. The molecule has 4 nitrogen and oxygen atoms in total. The fraction of sp³-hybridized carbons (Fsp3) is 0.250. The van der Waals surface area contributed by atoms with Gasteiger partial charge in [0.15, 0.2) is 0 Å². The van der Waals surface area contributed by atoms with E-state index in [-0.39, 0.29) is 24.2 Å². The van der Waals surface area contributed by atoms with Crippen LogP contribution in [0.3, 0.4) is 0 Å². The molecule has 0 saturated carbocycles. The summed E-state index contributed by atoms with van der Waals surface area (Å²) >= 11 is 0. The van der Waals surface area contributed by atoms with Crippen LogP contribution in [0.15, 0.2) is 47.6 Å². The van der Waals surface area contributed by atoms with Gasteiger partial charge in [-0.1, -0.05) is 24.3 Å². The van der Waals surface area contributed by atoms with Crippen molar-refractivity contribution in [2.24, 2.45) is 5.41 Å². The number of benzene rings is 1. The monoisotopic (exact) mass is 290 g/mol. The smallest absolute Gasteiger partial charge is 0.331 e. The van der Waals surface area contributed by atoms with E-state index in [0.29, 0.717) is 11.1 Å². The van der Waals surface area contributed by atoms with Gasteiger partial charge in [0.1, 0.15) is 5.82 Å². The van der Waals surface area contributed by atoms with Crippen LogP contribution in [0.25, 0.3) is 0 Å². The molecule has 0 amide bonds. The van der Waals surface area contributed by atoms with Gasteiger partial charge in [0.2, 0.25) is 0 Å². The molecule has 110 valence electrons. The van der Waals surface area contributed by atoms with Gasteiger partial charge in [-0.25, -0.2) is 9.18 Å². The quantitative estimate of drug-likeness (QED) is 0.894. The van der Waals surface area contributed by atoms with Crippen molar-refractivity contribution in [3.8, 4) is 0 Å². The van der Waals surface area contributed by atoms with Crippen molar-refractivity contribution in [1.82, 2.24) is 0 Å². The topological polar surface area (TPSA) is 74.6 Å². The lowest BCUT2D eigenvalue weighted by Gasteiger charge is -2.31. The SMILES string of the molecule is CC1(C(=O)O)CC(C(=O)O)=CC=C1Cc1cccc(F)c1. The summed E-state index contributed by atoms with van der Waals surface area (Å²) in [4.78, 5) is 22.6. The first kappa shape index (κ1) is 15.0. The third kappa shape index (κ3) is 3.02. The summed E-state index contributed by atoms with van der Waals surface area (Å²) in [6.07, 6.45) is 3.12. The standard InChI is InChI=1S/C16H15FO4/c1-16(15(20)21)9-11(14(18)19)5-6-12(16)7-10-3-2-4-13(17)8-10/h2-6,8H,7,9H2,1H3,(H,18,19)(H,20,21). The first-order chi connectivity index (χ1) is 9.83. The molecule has 1 aromatic carbocycles. The summed E-state index contributed by atoms with van der Waals surface area (Å²) in [7, 11) is 0. The minimum Gasteiger partial charge on any atom is -0.481 e. The highest BCUT2D eigenvalue weighted by Gasteiger charge is 2.40. The van der Waals surface area contributed by atoms with Crippen LogP contribution in [0.5, 0.6) is 0 Å². The molecule has 0 heterocycles. The molecule has 0 aromatic heterocycles. The first-order valence-electron chi connectivity index (χ1n) is 6.44. The van der Waals surface area contributed by atoms with Crippen LogP contribution >= 0.6 is 0 Å². The highest BCUT2D eigenvalue weighted by molar-refractivity contribution is 5.90. The van der Waals surface area contributed by atoms with Gasteiger partial charge in [-0.2, -0.15) is 0 Å². The zero-order chi connectivity index (χ0) is 15.6. The number of carbonyl (C=O) groups is 2. The Morgan fingerprint density at radius 1 is 1.29 bits per heavy atom. The van der Waals surface area contributed by atoms with Crippen LogP contribution in [0, 0.1) is 11.2 Å². The fourth-order valence-electron chi connectivity index (χ4n) is 2.42. The van der Waals surface area contributed by atoms with E-state index in [1.54, 1.807) is 12.1 Å². The Kier molecular flexibility index (Phi) is 3.93. The summed E-state index contributed by atoms with van der Waals surface area (Å²) in [6.45, 7) is 1.50. The Hall–Kier alpha value is -2.43. The third-order valence-electron chi connectivity index (χ3n) is 3.77. The number of rotatable bonds is 4. The molecule has 1 atom stereocenters. The maximum Gasteiger partial charge on any atom is 0.331 e. The molecule has 0 bridgehead atoms. The van der Waals surface area contributed by atoms with Gasteiger partial charge in [-0.3, -0.25) is 4.79 Å². The molecule has 1 aliphatic rings. The Morgan fingerprint density at radius 2 is 2.00 bits per heavy atom. The molecular weight excluding hydrogens is 275 g/mol. The van der Waals surface area contributed by atoms with Crippen LogP contribution in [-0.2, 0) is 16.0 Å². The van der Waals surface area contributed by atoms with Gasteiger partial charge in [0.05, 0.1) is 5.41 Å². The average molecular weight is 290 g/mol. The summed E-state index contributed by atoms with van der Waals surface area (Å²) in [6, 6.07) is 5.93. The van der Waals surface area contributed by atoms with Crippen LogP contribution in [0.4, 0.5) is 4.39 Å². The van der Waals surface area contributed by atoms with Gasteiger partial charge in [-0.15, -0.1) is 0 Å². The number of carboxylic acids is 2. The minimum atomic E-state index is -1.30. The second-order valence-corrected chi connectivity index (χ2v) is 5.31. The predicted molar refractivity (Wildman–Crippen MR) is 74.3 cm³/mol. The number of carboxylic acid groups (broad SMARTS) is 2. The molecule has 0 fully saturated rings. The molecule has 21 heavy (non-hydrogen) atoms. The number of aliphatic carboxylic acids is 2. The highest BCUT2D eigenvalue weighted by atomic mass is 19.1. The van der Waals surface area contributed by atoms with Crippen molar-refractivity contribution in [1.29, 1.82) is 0 Å². The number of hydrogen-bond donors (Lipinski definition) is 2. The predicted octanol–water partition coefficient (Wildman–Crippen LogP) is 2.80. The second kappa shape index (κ2) is 5.52. The van der Waals surface area contributed by atoms with Crippen LogP contribution < -0.4 is 0 Å². The number of allylic oxidation sites excluding steroid dienone is 2. The zero-order valence-electron chi connectivity index (χ0n) is 11.5. The van der Waals surface area contributed by atoms with Crippen molar-refractivity contribution >= 4 is 11.9 Å². The molecule has 2 N–H and O–H groups in total. The molecule has 0 spiro atoms. The van der Waals surface area contributed by atoms with Gasteiger partial charge >= 0.3 is 11.9 Å². The van der Waals surface area contributed by atoms with E-state index in [1.165, 1.54) is 31.2 Å². The van der Waals surface area contributed by atoms with E-state index >= 15 is 0 Å². The Morgan fingerprint density at radius 3 is 2.57 bits per heavy atom. The molecule has 0 saturated heterocycles. The summed E-state index contributed by atoms with van der Waals surface area (Å²) in [5.41, 5.74) is -0.0242. The van der Waals surface area contributed by atoms with Crippen molar-refractivity contribution in [3.05, 3.63) is 58.9 Å². The lowest BCUT2D eigenvalue weighted by molar-refractivity contribution is -0.146. The number of halogens is 1. The molecule has 0 radical (unpaired) electrons. The maximum atomic E-state index is 13.2. The van der Waals surface area contributed by atoms with Crippen molar-refractivity contribution < 1.29 is 24.2 Å².